The van der Waals surface area contributed by atoms with Gasteiger partial charge in [0, 0.05) is 12.3 Å². The molecule has 0 unspecified atom stereocenters. The van der Waals surface area contributed by atoms with Crippen LogP contribution < -0.4 is 5.73 Å². The molecule has 90 valence electrons. The molecule has 16 heavy (non-hydrogen) atoms. The number of hydrogen-bond acceptors (Lipinski definition) is 2. The third-order valence-corrected chi connectivity index (χ3v) is 2.36. The third-order valence-electron chi connectivity index (χ3n) is 2.36. The van der Waals surface area contributed by atoms with Gasteiger partial charge in [0.1, 0.15) is 0 Å². The van der Waals surface area contributed by atoms with Crippen LogP contribution in [0.2, 0.25) is 0 Å². The van der Waals surface area contributed by atoms with Gasteiger partial charge in [-0.05, 0) is 30.9 Å². The second-order valence-electron chi connectivity index (χ2n) is 3.56. The van der Waals surface area contributed by atoms with Gasteiger partial charge in [-0.25, -0.2) is 0 Å². The largest absolute Gasteiger partial charge is 0.418 e. The number of anilines is 1. The normalized spacial score (nSPS) is 11.8. The van der Waals surface area contributed by atoms with E-state index in [9.17, 15) is 13.2 Å². The van der Waals surface area contributed by atoms with Crippen LogP contribution in [0.25, 0.3) is 0 Å². The number of aryl methyl sites for hydroxylation is 1. The number of rotatable bonds is 4. The molecule has 0 aromatic heterocycles. The molecule has 1 rings (SSSR count). The molecule has 0 fully saturated rings. The molecule has 0 aliphatic carbocycles. The van der Waals surface area contributed by atoms with Crippen LogP contribution in [-0.4, -0.2) is 11.7 Å². The highest BCUT2D eigenvalue weighted by Gasteiger charge is 2.33. The standard InChI is InChI=1S/C11H14F3NO/c12-11(13,14)9-6-3-5-8(10(9)15)4-1-2-7-16/h3,5-6,16H,1-2,4,7,15H2. The summed E-state index contributed by atoms with van der Waals surface area (Å²) in [5.74, 6) is 0. The minimum Gasteiger partial charge on any atom is -0.398 e. The molecule has 1 aromatic rings. The monoisotopic (exact) mass is 233 g/mol. The van der Waals surface area contributed by atoms with E-state index in [1.54, 1.807) is 6.07 Å². The fourth-order valence-corrected chi connectivity index (χ4v) is 1.51. The Balaban J connectivity index is 2.87. The summed E-state index contributed by atoms with van der Waals surface area (Å²) in [7, 11) is 0. The topological polar surface area (TPSA) is 46.2 Å². The van der Waals surface area contributed by atoms with Crippen molar-refractivity contribution < 1.29 is 18.3 Å². The smallest absolute Gasteiger partial charge is 0.398 e. The van der Waals surface area contributed by atoms with Gasteiger partial charge < -0.3 is 10.8 Å². The predicted molar refractivity (Wildman–Crippen MR) is 55.9 cm³/mol. The number of aliphatic hydroxyl groups is 1. The molecular formula is C11H14F3NO. The first-order valence-electron chi connectivity index (χ1n) is 5.02. The molecule has 0 atom stereocenters. The molecule has 0 aliphatic rings. The zero-order valence-corrected chi connectivity index (χ0v) is 8.72. The van der Waals surface area contributed by atoms with Crippen LogP contribution in [0.5, 0.6) is 0 Å². The fourth-order valence-electron chi connectivity index (χ4n) is 1.51. The van der Waals surface area contributed by atoms with E-state index in [1.807, 2.05) is 0 Å². The minimum atomic E-state index is -4.41. The first kappa shape index (κ1) is 12.8. The van der Waals surface area contributed by atoms with Crippen LogP contribution in [-0.2, 0) is 12.6 Å². The lowest BCUT2D eigenvalue weighted by Gasteiger charge is -2.13. The summed E-state index contributed by atoms with van der Waals surface area (Å²) >= 11 is 0. The van der Waals surface area contributed by atoms with Crippen molar-refractivity contribution in [3.8, 4) is 0 Å². The van der Waals surface area contributed by atoms with Crippen LogP contribution >= 0.6 is 0 Å². The molecule has 5 heteroatoms. The van der Waals surface area contributed by atoms with E-state index in [-0.39, 0.29) is 12.3 Å². The SMILES string of the molecule is Nc1c(CCCCO)cccc1C(F)(F)F. The van der Waals surface area contributed by atoms with Crippen molar-refractivity contribution in [2.75, 3.05) is 12.3 Å². The predicted octanol–water partition coefficient (Wildman–Crippen LogP) is 2.60. The number of hydrogen-bond donors (Lipinski definition) is 2. The molecule has 3 N–H and O–H groups in total. The molecule has 0 spiro atoms. The molecule has 0 radical (unpaired) electrons. The summed E-state index contributed by atoms with van der Waals surface area (Å²) < 4.78 is 37.5. The second-order valence-corrected chi connectivity index (χ2v) is 3.56. The van der Waals surface area contributed by atoms with Gasteiger partial charge in [-0.2, -0.15) is 13.2 Å². The van der Waals surface area contributed by atoms with E-state index in [0.29, 0.717) is 24.8 Å². The van der Waals surface area contributed by atoms with E-state index in [4.69, 9.17) is 10.8 Å². The molecular weight excluding hydrogens is 219 g/mol. The second kappa shape index (κ2) is 5.21. The van der Waals surface area contributed by atoms with E-state index in [1.165, 1.54) is 6.07 Å². The summed E-state index contributed by atoms with van der Waals surface area (Å²) in [5, 5.41) is 8.59. The maximum Gasteiger partial charge on any atom is 0.418 e. The maximum atomic E-state index is 12.5. The average molecular weight is 233 g/mol. The van der Waals surface area contributed by atoms with E-state index < -0.39 is 11.7 Å². The van der Waals surface area contributed by atoms with Crippen LogP contribution in [0, 0.1) is 0 Å². The number of alkyl halides is 3. The Kier molecular flexibility index (Phi) is 4.18. The highest BCUT2D eigenvalue weighted by atomic mass is 19.4. The van der Waals surface area contributed by atoms with Crippen LogP contribution in [0.1, 0.15) is 24.0 Å². The molecule has 0 saturated carbocycles. The molecule has 0 saturated heterocycles. The molecule has 0 heterocycles. The van der Waals surface area contributed by atoms with Crippen molar-refractivity contribution in [2.24, 2.45) is 0 Å². The quantitative estimate of drug-likeness (QED) is 0.620. The summed E-state index contributed by atoms with van der Waals surface area (Å²) in [6.45, 7) is 0.0405. The zero-order chi connectivity index (χ0) is 12.2. The van der Waals surface area contributed by atoms with Gasteiger partial charge in [-0.1, -0.05) is 12.1 Å². The van der Waals surface area contributed by atoms with Gasteiger partial charge in [0.25, 0.3) is 0 Å². The Morgan fingerprint density at radius 3 is 2.44 bits per heavy atom. The minimum absolute atomic E-state index is 0.0405. The van der Waals surface area contributed by atoms with Crippen molar-refractivity contribution in [3.05, 3.63) is 29.3 Å². The summed E-state index contributed by atoms with van der Waals surface area (Å²) in [5.41, 5.74) is 4.97. The van der Waals surface area contributed by atoms with Gasteiger partial charge in [0.2, 0.25) is 0 Å². The number of halogens is 3. The summed E-state index contributed by atoms with van der Waals surface area (Å²) in [6.07, 6.45) is -2.76. The van der Waals surface area contributed by atoms with Gasteiger partial charge in [-0.3, -0.25) is 0 Å². The van der Waals surface area contributed by atoms with Gasteiger partial charge >= 0.3 is 6.18 Å². The van der Waals surface area contributed by atoms with Crippen LogP contribution in [0.3, 0.4) is 0 Å². The fraction of sp³-hybridized carbons (Fsp3) is 0.455. The Morgan fingerprint density at radius 1 is 1.19 bits per heavy atom. The van der Waals surface area contributed by atoms with Gasteiger partial charge in [0.15, 0.2) is 0 Å². The lowest BCUT2D eigenvalue weighted by Crippen LogP contribution is -2.10. The van der Waals surface area contributed by atoms with Gasteiger partial charge in [0.05, 0.1) is 5.56 Å². The van der Waals surface area contributed by atoms with Gasteiger partial charge in [-0.15, -0.1) is 0 Å². The van der Waals surface area contributed by atoms with Crippen molar-refractivity contribution in [1.29, 1.82) is 0 Å². The molecule has 0 amide bonds. The Bertz CT molecular complexity index is 350. The molecule has 2 nitrogen and oxygen atoms in total. The zero-order valence-electron chi connectivity index (χ0n) is 8.72. The highest BCUT2D eigenvalue weighted by molar-refractivity contribution is 5.55. The number of benzene rings is 1. The van der Waals surface area contributed by atoms with E-state index >= 15 is 0 Å². The third kappa shape index (κ3) is 3.13. The summed E-state index contributed by atoms with van der Waals surface area (Å²) in [4.78, 5) is 0. The van der Waals surface area contributed by atoms with Crippen molar-refractivity contribution in [1.82, 2.24) is 0 Å². The van der Waals surface area contributed by atoms with Crippen LogP contribution in [0.15, 0.2) is 18.2 Å². The van der Waals surface area contributed by atoms with Crippen molar-refractivity contribution in [3.63, 3.8) is 0 Å². The van der Waals surface area contributed by atoms with Crippen molar-refractivity contribution >= 4 is 5.69 Å². The Hall–Kier alpha value is -1.23. The number of nitrogens with two attached hydrogens (primary N) is 1. The summed E-state index contributed by atoms with van der Waals surface area (Å²) in [6, 6.07) is 3.92. The van der Waals surface area contributed by atoms with Crippen molar-refractivity contribution in [2.45, 2.75) is 25.4 Å². The number of nitrogen functional groups attached to an aromatic ring is 1. The molecule has 0 bridgehead atoms. The van der Waals surface area contributed by atoms with Crippen LogP contribution in [0.4, 0.5) is 18.9 Å². The Labute approximate surface area is 91.9 Å². The number of para-hydroxylation sites is 1. The average Bonchev–Trinajstić information content (AvgIpc) is 2.19. The first-order chi connectivity index (χ1) is 7.46. The van der Waals surface area contributed by atoms with E-state index in [2.05, 4.69) is 0 Å². The highest BCUT2D eigenvalue weighted by Crippen LogP contribution is 2.35. The lowest BCUT2D eigenvalue weighted by molar-refractivity contribution is -0.136. The lowest BCUT2D eigenvalue weighted by atomic mass is 10.0. The first-order valence-corrected chi connectivity index (χ1v) is 5.02. The maximum absolute atomic E-state index is 12.5. The molecule has 0 aliphatic heterocycles. The number of aliphatic hydroxyl groups excluding tert-OH is 1. The van der Waals surface area contributed by atoms with E-state index in [0.717, 1.165) is 6.07 Å². The number of unbranched alkanes of at least 4 members (excludes halogenated alkanes) is 1. The Morgan fingerprint density at radius 2 is 1.88 bits per heavy atom. The molecule has 1 aromatic carbocycles.